The Balaban J connectivity index is 1.65. The minimum absolute atomic E-state index is 0.0738. The lowest BCUT2D eigenvalue weighted by Crippen LogP contribution is -2.26. The van der Waals surface area contributed by atoms with Crippen molar-refractivity contribution in [3.8, 4) is 0 Å². The van der Waals surface area contributed by atoms with E-state index in [1.165, 1.54) is 11.3 Å². The first-order valence-electron chi connectivity index (χ1n) is 7.64. The molecule has 5 nitrogen and oxygen atoms in total. The summed E-state index contributed by atoms with van der Waals surface area (Å²) < 4.78 is 0. The Kier molecular flexibility index (Phi) is 4.86. The number of carbonyl (C=O) groups excluding carboxylic acids is 1. The first-order chi connectivity index (χ1) is 11.6. The molecule has 1 unspecified atom stereocenters. The Morgan fingerprint density at radius 3 is 2.62 bits per heavy atom. The molecule has 2 N–H and O–H groups in total. The predicted octanol–water partition coefficient (Wildman–Crippen LogP) is 4.08. The van der Waals surface area contributed by atoms with E-state index in [0.717, 1.165) is 11.3 Å². The lowest BCUT2D eigenvalue weighted by Gasteiger charge is -2.13. The number of anilines is 2. The summed E-state index contributed by atoms with van der Waals surface area (Å²) in [6.07, 6.45) is 0. The van der Waals surface area contributed by atoms with E-state index in [0.29, 0.717) is 16.6 Å². The van der Waals surface area contributed by atoms with Crippen LogP contribution in [0.25, 0.3) is 0 Å². The number of nitrogens with one attached hydrogen (secondary N) is 2. The molecular weight excluding hydrogens is 320 g/mol. The smallest absolute Gasteiger partial charge is 0.271 e. The van der Waals surface area contributed by atoms with Gasteiger partial charge in [0, 0.05) is 11.1 Å². The first-order valence-corrected chi connectivity index (χ1v) is 8.52. The Hall–Kier alpha value is -2.73. The average Bonchev–Trinajstić information content (AvgIpc) is 3.04. The molecule has 0 saturated carbocycles. The molecule has 0 aliphatic rings. The molecule has 3 rings (SSSR count). The molecule has 0 spiro atoms. The zero-order chi connectivity index (χ0) is 16.9. The summed E-state index contributed by atoms with van der Waals surface area (Å²) in [6.45, 7) is 3.88. The second-order valence-electron chi connectivity index (χ2n) is 5.43. The van der Waals surface area contributed by atoms with Crippen molar-refractivity contribution < 1.29 is 4.79 Å². The van der Waals surface area contributed by atoms with Gasteiger partial charge in [0.2, 0.25) is 0 Å². The van der Waals surface area contributed by atoms with Crippen LogP contribution in [-0.2, 0) is 0 Å². The molecule has 1 amide bonds. The highest BCUT2D eigenvalue weighted by Gasteiger charge is 2.14. The third-order valence-electron chi connectivity index (χ3n) is 3.51. The topological polar surface area (TPSA) is 66.9 Å². The maximum absolute atomic E-state index is 12.3. The summed E-state index contributed by atoms with van der Waals surface area (Å²) in [5.74, 6) is 0.529. The van der Waals surface area contributed by atoms with Crippen molar-refractivity contribution in [2.45, 2.75) is 19.9 Å². The van der Waals surface area contributed by atoms with E-state index >= 15 is 0 Å². The molecule has 24 heavy (non-hydrogen) atoms. The maximum Gasteiger partial charge on any atom is 0.271 e. The minimum atomic E-state index is -0.187. The largest absolute Gasteiger partial charge is 0.344 e. The van der Waals surface area contributed by atoms with Gasteiger partial charge in [-0.1, -0.05) is 36.4 Å². The van der Waals surface area contributed by atoms with Crippen molar-refractivity contribution >= 4 is 28.2 Å². The Morgan fingerprint density at radius 2 is 1.88 bits per heavy atom. The van der Waals surface area contributed by atoms with E-state index in [9.17, 15) is 4.79 Å². The number of thiazole rings is 1. The highest BCUT2D eigenvalue weighted by atomic mass is 32.1. The van der Waals surface area contributed by atoms with E-state index < -0.39 is 0 Å². The third kappa shape index (κ3) is 3.97. The SMILES string of the molecule is Cc1cccc(Nc2nc(C(=O)NC(C)c3ccccc3)cs2)n1. The van der Waals surface area contributed by atoms with E-state index in [2.05, 4.69) is 20.6 Å². The molecule has 6 heteroatoms. The van der Waals surface area contributed by atoms with Gasteiger partial charge in [-0.15, -0.1) is 11.3 Å². The van der Waals surface area contributed by atoms with Gasteiger partial charge < -0.3 is 10.6 Å². The number of rotatable bonds is 5. The van der Waals surface area contributed by atoms with Crippen molar-refractivity contribution in [3.63, 3.8) is 0 Å². The molecule has 2 heterocycles. The van der Waals surface area contributed by atoms with Gasteiger partial charge in [0.05, 0.1) is 6.04 Å². The molecule has 1 atom stereocenters. The molecule has 0 radical (unpaired) electrons. The highest BCUT2D eigenvalue weighted by molar-refractivity contribution is 7.14. The van der Waals surface area contributed by atoms with Crippen LogP contribution in [0.3, 0.4) is 0 Å². The molecule has 122 valence electrons. The zero-order valence-corrected chi connectivity index (χ0v) is 14.3. The van der Waals surface area contributed by atoms with Gasteiger partial charge >= 0.3 is 0 Å². The van der Waals surface area contributed by atoms with Gasteiger partial charge in [-0.2, -0.15) is 0 Å². The normalized spacial score (nSPS) is 11.8. The van der Waals surface area contributed by atoms with Crippen LogP contribution < -0.4 is 10.6 Å². The van der Waals surface area contributed by atoms with E-state index in [1.807, 2.05) is 62.4 Å². The summed E-state index contributed by atoms with van der Waals surface area (Å²) in [5.41, 5.74) is 2.38. The fourth-order valence-corrected chi connectivity index (χ4v) is 2.95. The number of aromatic nitrogens is 2. The lowest BCUT2D eigenvalue weighted by atomic mass is 10.1. The average molecular weight is 338 g/mol. The van der Waals surface area contributed by atoms with E-state index in [4.69, 9.17) is 0 Å². The number of benzene rings is 1. The van der Waals surface area contributed by atoms with Crippen LogP contribution in [0.4, 0.5) is 10.9 Å². The predicted molar refractivity (Wildman–Crippen MR) is 96.7 cm³/mol. The summed E-state index contributed by atoms with van der Waals surface area (Å²) in [7, 11) is 0. The zero-order valence-electron chi connectivity index (χ0n) is 13.5. The number of carbonyl (C=O) groups is 1. The molecule has 0 aliphatic carbocycles. The maximum atomic E-state index is 12.3. The van der Waals surface area contributed by atoms with Crippen molar-refractivity contribution in [2.24, 2.45) is 0 Å². The monoisotopic (exact) mass is 338 g/mol. The molecule has 2 aromatic heterocycles. The molecular formula is C18H18N4OS. The fraction of sp³-hybridized carbons (Fsp3) is 0.167. The second kappa shape index (κ2) is 7.23. The van der Waals surface area contributed by atoms with Gasteiger partial charge in [0.15, 0.2) is 5.13 Å². The van der Waals surface area contributed by atoms with Crippen LogP contribution in [0.1, 0.15) is 34.7 Å². The summed E-state index contributed by atoms with van der Waals surface area (Å²) in [6, 6.07) is 15.5. The fourth-order valence-electron chi connectivity index (χ4n) is 2.25. The van der Waals surface area contributed by atoms with Crippen molar-refractivity contribution in [1.82, 2.24) is 15.3 Å². The lowest BCUT2D eigenvalue weighted by molar-refractivity contribution is 0.0935. The Bertz CT molecular complexity index is 832. The van der Waals surface area contributed by atoms with Crippen molar-refractivity contribution in [1.29, 1.82) is 0 Å². The van der Waals surface area contributed by atoms with Gasteiger partial charge in [-0.05, 0) is 31.5 Å². The molecule has 3 aromatic rings. The second-order valence-corrected chi connectivity index (χ2v) is 6.29. The third-order valence-corrected chi connectivity index (χ3v) is 4.27. The summed E-state index contributed by atoms with van der Waals surface area (Å²) >= 11 is 1.38. The van der Waals surface area contributed by atoms with Crippen molar-refractivity contribution in [3.05, 3.63) is 70.9 Å². The van der Waals surface area contributed by atoms with Gasteiger partial charge in [-0.3, -0.25) is 4.79 Å². The highest BCUT2D eigenvalue weighted by Crippen LogP contribution is 2.20. The Labute approximate surface area is 144 Å². The van der Waals surface area contributed by atoms with E-state index in [1.54, 1.807) is 5.38 Å². The first kappa shape index (κ1) is 16.1. The molecule has 1 aromatic carbocycles. The van der Waals surface area contributed by atoms with Crippen LogP contribution in [0.15, 0.2) is 53.9 Å². The number of amides is 1. The van der Waals surface area contributed by atoms with Gasteiger partial charge in [0.25, 0.3) is 5.91 Å². The summed E-state index contributed by atoms with van der Waals surface area (Å²) in [4.78, 5) is 21.0. The van der Waals surface area contributed by atoms with Gasteiger partial charge in [0.1, 0.15) is 11.5 Å². The van der Waals surface area contributed by atoms with Crippen LogP contribution in [0.5, 0.6) is 0 Å². The molecule has 0 bridgehead atoms. The number of aryl methyl sites for hydroxylation is 1. The molecule has 0 aliphatic heterocycles. The number of pyridine rings is 1. The van der Waals surface area contributed by atoms with Crippen LogP contribution >= 0.6 is 11.3 Å². The van der Waals surface area contributed by atoms with Crippen molar-refractivity contribution in [2.75, 3.05) is 5.32 Å². The molecule has 0 saturated heterocycles. The van der Waals surface area contributed by atoms with Crippen LogP contribution in [-0.4, -0.2) is 15.9 Å². The van der Waals surface area contributed by atoms with Crippen LogP contribution in [0, 0.1) is 6.92 Å². The summed E-state index contributed by atoms with van der Waals surface area (Å²) in [5, 5.41) is 8.47. The van der Waals surface area contributed by atoms with Gasteiger partial charge in [-0.25, -0.2) is 9.97 Å². The standard InChI is InChI=1S/C18H18N4OS/c1-12-7-6-10-16(19-12)22-18-21-15(11-24-18)17(23)20-13(2)14-8-4-3-5-9-14/h3-11,13H,1-2H3,(H,20,23)(H,19,21,22). The number of hydrogen-bond acceptors (Lipinski definition) is 5. The molecule has 0 fully saturated rings. The minimum Gasteiger partial charge on any atom is -0.344 e. The van der Waals surface area contributed by atoms with Crippen LogP contribution in [0.2, 0.25) is 0 Å². The van der Waals surface area contributed by atoms with E-state index in [-0.39, 0.29) is 11.9 Å². The number of hydrogen-bond donors (Lipinski definition) is 2. The quantitative estimate of drug-likeness (QED) is 0.735. The number of nitrogens with zero attached hydrogens (tertiary/aromatic N) is 2. The Morgan fingerprint density at radius 1 is 1.08 bits per heavy atom.